The van der Waals surface area contributed by atoms with Crippen LogP contribution in [0.15, 0.2) is 36.7 Å². The molecular formula is C19H23ClN6. The third-order valence-electron chi connectivity index (χ3n) is 4.84. The van der Waals surface area contributed by atoms with Gasteiger partial charge in [-0.15, -0.1) is 5.10 Å². The van der Waals surface area contributed by atoms with E-state index >= 15 is 0 Å². The van der Waals surface area contributed by atoms with Gasteiger partial charge in [0.1, 0.15) is 5.69 Å². The van der Waals surface area contributed by atoms with Crippen LogP contribution in [0.3, 0.4) is 0 Å². The van der Waals surface area contributed by atoms with Crippen molar-refractivity contribution in [3.63, 3.8) is 0 Å². The summed E-state index contributed by atoms with van der Waals surface area (Å²) in [5.74, 6) is 0. The number of piperidine rings is 1. The van der Waals surface area contributed by atoms with E-state index in [1.807, 2.05) is 35.1 Å². The Morgan fingerprint density at radius 3 is 2.85 bits per heavy atom. The molecule has 1 saturated heterocycles. The van der Waals surface area contributed by atoms with Crippen LogP contribution in [0.4, 0.5) is 5.69 Å². The summed E-state index contributed by atoms with van der Waals surface area (Å²) in [6, 6.07) is 7.71. The molecule has 0 unspecified atom stereocenters. The molecule has 26 heavy (non-hydrogen) atoms. The van der Waals surface area contributed by atoms with E-state index in [9.17, 15) is 0 Å². The molecule has 0 aliphatic carbocycles. The zero-order valence-corrected chi connectivity index (χ0v) is 15.5. The second-order valence-electron chi connectivity index (χ2n) is 6.75. The Hall–Kier alpha value is -2.18. The number of hydrogen-bond acceptors (Lipinski definition) is 5. The maximum absolute atomic E-state index is 6.05. The van der Waals surface area contributed by atoms with Gasteiger partial charge in [0.15, 0.2) is 0 Å². The molecule has 0 bridgehead atoms. The molecule has 0 radical (unpaired) electrons. The molecule has 0 spiro atoms. The molecule has 1 aliphatic heterocycles. The molecule has 3 heterocycles. The van der Waals surface area contributed by atoms with Crippen LogP contribution in [0.5, 0.6) is 0 Å². The molecule has 4 rings (SSSR count). The van der Waals surface area contributed by atoms with Crippen LogP contribution in [0.1, 0.15) is 25.0 Å². The SMILES string of the molecule is Clc1ccc2c(NCc3cn(CCN4CCCCC4)nn3)ccnc2c1. The topological polar surface area (TPSA) is 58.9 Å². The van der Waals surface area contributed by atoms with E-state index in [-0.39, 0.29) is 0 Å². The van der Waals surface area contributed by atoms with E-state index in [0.717, 1.165) is 35.4 Å². The summed E-state index contributed by atoms with van der Waals surface area (Å²) in [4.78, 5) is 6.88. The van der Waals surface area contributed by atoms with Gasteiger partial charge in [0.25, 0.3) is 0 Å². The first-order chi connectivity index (χ1) is 12.8. The van der Waals surface area contributed by atoms with Gasteiger partial charge >= 0.3 is 0 Å². The second-order valence-corrected chi connectivity index (χ2v) is 7.19. The number of rotatable bonds is 6. The summed E-state index contributed by atoms with van der Waals surface area (Å²) in [5, 5.41) is 13.7. The second kappa shape index (κ2) is 8.01. The van der Waals surface area contributed by atoms with Gasteiger partial charge < -0.3 is 10.2 Å². The molecule has 7 heteroatoms. The summed E-state index contributed by atoms with van der Waals surface area (Å²) in [6.07, 6.45) is 7.81. The third kappa shape index (κ3) is 4.14. The van der Waals surface area contributed by atoms with E-state index < -0.39 is 0 Å². The van der Waals surface area contributed by atoms with Crippen LogP contribution in [-0.4, -0.2) is 44.5 Å². The van der Waals surface area contributed by atoms with Gasteiger partial charge in [-0.3, -0.25) is 9.67 Å². The molecule has 6 nitrogen and oxygen atoms in total. The van der Waals surface area contributed by atoms with Crippen LogP contribution in [0.25, 0.3) is 10.9 Å². The Morgan fingerprint density at radius 1 is 1.08 bits per heavy atom. The number of halogens is 1. The smallest absolute Gasteiger partial charge is 0.102 e. The summed E-state index contributed by atoms with van der Waals surface area (Å²) in [6.45, 7) is 4.99. The first kappa shape index (κ1) is 17.2. The number of benzene rings is 1. The van der Waals surface area contributed by atoms with Gasteiger partial charge in [-0.05, 0) is 50.2 Å². The van der Waals surface area contributed by atoms with Crippen molar-refractivity contribution < 1.29 is 0 Å². The summed E-state index contributed by atoms with van der Waals surface area (Å²) >= 11 is 6.05. The Kier molecular flexibility index (Phi) is 5.32. The fourth-order valence-corrected chi connectivity index (χ4v) is 3.58. The van der Waals surface area contributed by atoms with Gasteiger partial charge in [0.2, 0.25) is 0 Å². The van der Waals surface area contributed by atoms with E-state index in [1.165, 1.54) is 32.4 Å². The van der Waals surface area contributed by atoms with Crippen molar-refractivity contribution in [1.29, 1.82) is 0 Å². The minimum atomic E-state index is 0.630. The predicted octanol–water partition coefficient (Wildman–Crippen LogP) is 3.58. The van der Waals surface area contributed by atoms with Crippen molar-refractivity contribution >= 4 is 28.2 Å². The number of hydrogen-bond donors (Lipinski definition) is 1. The fourth-order valence-electron chi connectivity index (χ4n) is 3.42. The molecule has 0 saturated carbocycles. The molecule has 136 valence electrons. The first-order valence-electron chi connectivity index (χ1n) is 9.17. The van der Waals surface area contributed by atoms with Gasteiger partial charge in [0.05, 0.1) is 24.8 Å². The lowest BCUT2D eigenvalue weighted by molar-refractivity contribution is 0.217. The molecule has 1 N–H and O–H groups in total. The zero-order valence-electron chi connectivity index (χ0n) is 14.7. The summed E-state index contributed by atoms with van der Waals surface area (Å²) in [5.41, 5.74) is 2.84. The Bertz CT molecular complexity index is 871. The molecule has 0 amide bonds. The molecule has 0 atom stereocenters. The van der Waals surface area contributed by atoms with Crippen LogP contribution in [0.2, 0.25) is 5.02 Å². The van der Waals surface area contributed by atoms with Gasteiger partial charge in [-0.25, -0.2) is 0 Å². The molecule has 1 fully saturated rings. The average Bonchev–Trinajstić information content (AvgIpc) is 3.13. The number of nitrogens with one attached hydrogen (secondary N) is 1. The highest BCUT2D eigenvalue weighted by molar-refractivity contribution is 6.31. The van der Waals surface area contributed by atoms with Crippen molar-refractivity contribution in [2.75, 3.05) is 25.0 Å². The van der Waals surface area contributed by atoms with Crippen LogP contribution in [-0.2, 0) is 13.1 Å². The van der Waals surface area contributed by atoms with Crippen LogP contribution in [0, 0.1) is 0 Å². The molecule has 3 aromatic rings. The molecule has 1 aromatic carbocycles. The lowest BCUT2D eigenvalue weighted by Crippen LogP contribution is -2.32. The summed E-state index contributed by atoms with van der Waals surface area (Å²) < 4.78 is 1.94. The average molecular weight is 371 g/mol. The molecule has 2 aromatic heterocycles. The van der Waals surface area contributed by atoms with Crippen LogP contribution < -0.4 is 5.32 Å². The highest BCUT2D eigenvalue weighted by Crippen LogP contribution is 2.24. The van der Waals surface area contributed by atoms with E-state index in [2.05, 4.69) is 25.5 Å². The van der Waals surface area contributed by atoms with Crippen molar-refractivity contribution in [2.45, 2.75) is 32.4 Å². The monoisotopic (exact) mass is 370 g/mol. The van der Waals surface area contributed by atoms with E-state index in [1.54, 1.807) is 6.20 Å². The number of fused-ring (bicyclic) bond motifs is 1. The number of pyridine rings is 1. The number of aromatic nitrogens is 4. The quantitative estimate of drug-likeness (QED) is 0.718. The van der Waals surface area contributed by atoms with Crippen LogP contribution >= 0.6 is 11.6 Å². The summed E-state index contributed by atoms with van der Waals surface area (Å²) in [7, 11) is 0. The van der Waals surface area contributed by atoms with Gasteiger partial charge in [-0.2, -0.15) is 0 Å². The zero-order chi connectivity index (χ0) is 17.8. The normalized spacial score (nSPS) is 15.4. The highest BCUT2D eigenvalue weighted by atomic mass is 35.5. The highest BCUT2D eigenvalue weighted by Gasteiger charge is 2.10. The standard InChI is InChI=1S/C19H23ClN6/c20-15-4-5-17-18(6-7-21-19(17)12-15)22-13-16-14-26(24-23-16)11-10-25-8-2-1-3-9-25/h4-7,12,14H,1-3,8-11,13H2,(H,21,22). The van der Waals surface area contributed by atoms with Crippen molar-refractivity contribution in [1.82, 2.24) is 24.9 Å². The lowest BCUT2D eigenvalue weighted by Gasteiger charge is -2.25. The molecule has 1 aliphatic rings. The first-order valence-corrected chi connectivity index (χ1v) is 9.55. The maximum atomic E-state index is 6.05. The Morgan fingerprint density at radius 2 is 1.96 bits per heavy atom. The minimum absolute atomic E-state index is 0.630. The number of anilines is 1. The van der Waals surface area contributed by atoms with Gasteiger partial charge in [0, 0.05) is 28.8 Å². The Balaban J connectivity index is 1.36. The van der Waals surface area contributed by atoms with E-state index in [4.69, 9.17) is 11.6 Å². The largest absolute Gasteiger partial charge is 0.379 e. The van der Waals surface area contributed by atoms with Crippen molar-refractivity contribution in [2.24, 2.45) is 0 Å². The Labute approximate surface area is 158 Å². The van der Waals surface area contributed by atoms with Gasteiger partial charge in [-0.1, -0.05) is 23.2 Å². The maximum Gasteiger partial charge on any atom is 0.102 e. The van der Waals surface area contributed by atoms with Crippen molar-refractivity contribution in [3.05, 3.63) is 47.4 Å². The minimum Gasteiger partial charge on any atom is -0.379 e. The number of nitrogens with zero attached hydrogens (tertiary/aromatic N) is 5. The third-order valence-corrected chi connectivity index (χ3v) is 5.08. The van der Waals surface area contributed by atoms with Crippen molar-refractivity contribution in [3.8, 4) is 0 Å². The lowest BCUT2D eigenvalue weighted by atomic mass is 10.1. The fraction of sp³-hybridized carbons (Fsp3) is 0.421. The molecular weight excluding hydrogens is 348 g/mol. The predicted molar refractivity (Wildman–Crippen MR) is 104 cm³/mol. The number of likely N-dealkylation sites (tertiary alicyclic amines) is 1. The van der Waals surface area contributed by atoms with E-state index in [0.29, 0.717) is 11.6 Å².